The van der Waals surface area contributed by atoms with Crippen molar-refractivity contribution in [3.63, 3.8) is 0 Å². The monoisotopic (exact) mass is 684 g/mol. The average Bonchev–Trinajstić information content (AvgIpc) is 3.33. The molecule has 6 N–H and O–H groups in total. The van der Waals surface area contributed by atoms with E-state index in [1.807, 2.05) is 0 Å². The number of thioether (sulfide) groups is 1. The van der Waals surface area contributed by atoms with E-state index in [0.29, 0.717) is 17.0 Å². The number of imide groups is 1. The van der Waals surface area contributed by atoms with Crippen LogP contribution in [0.5, 0.6) is 0 Å². The van der Waals surface area contributed by atoms with E-state index in [2.05, 4.69) is 16.0 Å². The van der Waals surface area contributed by atoms with Crippen LogP contribution in [-0.2, 0) is 38.1 Å². The normalized spacial score (nSPS) is 25.1. The van der Waals surface area contributed by atoms with Crippen LogP contribution in [0.25, 0.3) is 0 Å². The van der Waals surface area contributed by atoms with Gasteiger partial charge in [-0.3, -0.25) is 24.0 Å². The van der Waals surface area contributed by atoms with Crippen molar-refractivity contribution in [3.05, 3.63) is 29.8 Å². The zero-order chi connectivity index (χ0) is 34.5. The number of Topliss-reactive ketones (excluding diaryl/α,β-unsaturated/α-hetero) is 1. The fourth-order valence-electron chi connectivity index (χ4n) is 4.88. The first kappa shape index (κ1) is 38.4. The molecule has 0 radical (unpaired) electrons. The zero-order valence-electron chi connectivity index (χ0n) is 26.6. The Morgan fingerprint density at radius 3 is 2.30 bits per heavy atom. The fourth-order valence-corrected chi connectivity index (χ4v) is 6.22. The minimum Gasteiger partial charge on any atom is -0.394 e. The minimum absolute atomic E-state index is 0.0361. The maximum Gasteiger partial charge on any atom is 0.251 e. The second-order valence-corrected chi connectivity index (χ2v) is 12.1. The second-order valence-electron chi connectivity index (χ2n) is 10.9. The van der Waals surface area contributed by atoms with Gasteiger partial charge in [-0.15, -0.1) is 11.8 Å². The third-order valence-electron chi connectivity index (χ3n) is 7.46. The van der Waals surface area contributed by atoms with Gasteiger partial charge in [0.15, 0.2) is 6.29 Å². The van der Waals surface area contributed by atoms with Crippen molar-refractivity contribution in [2.75, 3.05) is 63.9 Å². The number of carbonyl (C=O) groups is 5. The average molecular weight is 685 g/mol. The van der Waals surface area contributed by atoms with E-state index in [-0.39, 0.29) is 69.5 Å². The summed E-state index contributed by atoms with van der Waals surface area (Å²) in [6.45, 7) is 3.24. The van der Waals surface area contributed by atoms with Gasteiger partial charge in [-0.25, -0.2) is 4.90 Å². The Morgan fingerprint density at radius 2 is 1.68 bits per heavy atom. The number of carbonyl (C=O) groups excluding carboxylic acids is 5. The first-order valence-electron chi connectivity index (χ1n) is 15.2. The summed E-state index contributed by atoms with van der Waals surface area (Å²) >= 11 is 1.27. The molecule has 0 aromatic heterocycles. The highest BCUT2D eigenvalue weighted by molar-refractivity contribution is 8.00. The Bertz CT molecular complexity index is 1220. The molecule has 2 saturated heterocycles. The van der Waals surface area contributed by atoms with E-state index in [9.17, 15) is 39.3 Å². The summed E-state index contributed by atoms with van der Waals surface area (Å²) in [5.74, 6) is -1.17. The van der Waals surface area contributed by atoms with Gasteiger partial charge < -0.3 is 50.2 Å². The van der Waals surface area contributed by atoms with Gasteiger partial charge in [-0.05, 0) is 38.2 Å². The second kappa shape index (κ2) is 19.1. The van der Waals surface area contributed by atoms with Crippen molar-refractivity contribution in [2.45, 2.75) is 62.2 Å². The summed E-state index contributed by atoms with van der Waals surface area (Å²) in [6.07, 6.45) is -4.93. The number of aliphatic hydroxyl groups excluding tert-OH is 3. The number of aliphatic hydroxyl groups is 3. The van der Waals surface area contributed by atoms with Crippen LogP contribution in [0.3, 0.4) is 0 Å². The summed E-state index contributed by atoms with van der Waals surface area (Å²) in [5, 5.41) is 37.2. The zero-order valence-corrected chi connectivity index (χ0v) is 27.4. The minimum atomic E-state index is -1.40. The molecule has 1 aromatic rings. The number of nitrogens with zero attached hydrogens (tertiary/aromatic N) is 1. The molecule has 5 unspecified atom stereocenters. The molecule has 4 amide bonds. The quantitative estimate of drug-likeness (QED) is 0.0683. The van der Waals surface area contributed by atoms with Crippen LogP contribution in [0.1, 0.15) is 30.6 Å². The number of ketones is 1. The molecule has 3 rings (SSSR count). The first-order chi connectivity index (χ1) is 22.5. The molecule has 2 fully saturated rings. The standard InChI is InChI=1S/C30H44N4O12S/c1-17(36)21(31-3)16-47-23-14-24(38)34(29(23)42)20-6-4-19(5-7-20)28(41)32-8-9-43-10-11-44-12-13-45-30-25(33-18(2)37)27(40)26(39)22(15-35)46-30/h4-7,21-23,25-27,30-31,35,39-40H,8-16H2,1-3H3,(H,32,41)(H,33,37)/t21?,22?,23?,25?,26-,27?,30+/m0/s1. The van der Waals surface area contributed by atoms with Crippen LogP contribution in [0.15, 0.2) is 24.3 Å². The third kappa shape index (κ3) is 11.0. The summed E-state index contributed by atoms with van der Waals surface area (Å²) in [6, 6.07) is 4.70. The highest BCUT2D eigenvalue weighted by Crippen LogP contribution is 2.30. The van der Waals surface area contributed by atoms with Gasteiger partial charge in [-0.1, -0.05) is 0 Å². The predicted octanol–water partition coefficient (Wildman–Crippen LogP) is -2.05. The molecule has 262 valence electrons. The molecule has 47 heavy (non-hydrogen) atoms. The first-order valence-corrected chi connectivity index (χ1v) is 16.2. The van der Waals surface area contributed by atoms with Crippen molar-refractivity contribution in [1.82, 2.24) is 16.0 Å². The third-order valence-corrected chi connectivity index (χ3v) is 8.76. The number of anilines is 1. The Hall–Kier alpha value is -3.00. The Balaban J connectivity index is 1.30. The Labute approximate surface area is 276 Å². The predicted molar refractivity (Wildman–Crippen MR) is 169 cm³/mol. The molecule has 7 atom stereocenters. The smallest absolute Gasteiger partial charge is 0.251 e. The van der Waals surface area contributed by atoms with Crippen LogP contribution in [0, 0.1) is 0 Å². The molecular weight excluding hydrogens is 640 g/mol. The number of amides is 4. The Kier molecular flexibility index (Phi) is 15.6. The lowest BCUT2D eigenvalue weighted by atomic mass is 9.97. The molecular formula is C30H44N4O12S. The largest absolute Gasteiger partial charge is 0.394 e. The van der Waals surface area contributed by atoms with Gasteiger partial charge in [0.05, 0.1) is 56.6 Å². The van der Waals surface area contributed by atoms with Crippen LogP contribution < -0.4 is 20.9 Å². The molecule has 0 aliphatic carbocycles. The molecule has 1 aromatic carbocycles. The van der Waals surface area contributed by atoms with Crippen LogP contribution in [0.2, 0.25) is 0 Å². The maximum absolute atomic E-state index is 12.9. The van der Waals surface area contributed by atoms with Crippen molar-refractivity contribution in [2.24, 2.45) is 0 Å². The SMILES string of the molecule is CNC(CSC1CC(=O)N(c2ccc(C(=O)NCCOCCOCCO[C@@H]3OC(CO)[C@H](O)C(O)C3NC(C)=O)cc2)C1=O)C(C)=O. The van der Waals surface area contributed by atoms with Gasteiger partial charge >= 0.3 is 0 Å². The summed E-state index contributed by atoms with van der Waals surface area (Å²) in [5.41, 5.74) is 0.713. The molecule has 0 bridgehead atoms. The number of hydrogen-bond acceptors (Lipinski definition) is 14. The van der Waals surface area contributed by atoms with Gasteiger partial charge in [0.1, 0.15) is 30.1 Å². The van der Waals surface area contributed by atoms with E-state index < -0.39 is 54.4 Å². The van der Waals surface area contributed by atoms with Crippen LogP contribution in [-0.4, -0.2) is 146 Å². The maximum atomic E-state index is 12.9. The van der Waals surface area contributed by atoms with Gasteiger partial charge in [0.25, 0.3) is 5.91 Å². The molecule has 2 aliphatic heterocycles. The van der Waals surface area contributed by atoms with Crippen LogP contribution in [0.4, 0.5) is 5.69 Å². The van der Waals surface area contributed by atoms with Crippen molar-refractivity contribution >= 4 is 46.9 Å². The summed E-state index contributed by atoms with van der Waals surface area (Å²) < 4.78 is 21.9. The van der Waals surface area contributed by atoms with E-state index in [0.717, 1.165) is 4.90 Å². The molecule has 2 heterocycles. The Morgan fingerprint density at radius 1 is 1.02 bits per heavy atom. The highest BCUT2D eigenvalue weighted by Gasteiger charge is 2.45. The molecule has 16 nitrogen and oxygen atoms in total. The number of nitrogens with one attached hydrogen (secondary N) is 3. The van der Waals surface area contributed by atoms with E-state index in [4.69, 9.17) is 18.9 Å². The lowest BCUT2D eigenvalue weighted by Gasteiger charge is -2.42. The van der Waals surface area contributed by atoms with Gasteiger partial charge in [-0.2, -0.15) is 0 Å². The molecule has 2 aliphatic rings. The van der Waals surface area contributed by atoms with Crippen molar-refractivity contribution in [3.8, 4) is 0 Å². The van der Waals surface area contributed by atoms with E-state index in [1.54, 1.807) is 7.05 Å². The lowest BCUT2D eigenvalue weighted by Crippen LogP contribution is -2.64. The molecule has 17 heteroatoms. The van der Waals surface area contributed by atoms with E-state index >= 15 is 0 Å². The van der Waals surface area contributed by atoms with Crippen molar-refractivity contribution in [1.29, 1.82) is 0 Å². The molecule has 0 spiro atoms. The van der Waals surface area contributed by atoms with E-state index in [1.165, 1.54) is 49.9 Å². The molecule has 0 saturated carbocycles. The van der Waals surface area contributed by atoms with Gasteiger partial charge in [0.2, 0.25) is 17.7 Å². The number of ether oxygens (including phenoxy) is 4. The number of hydrogen-bond donors (Lipinski definition) is 6. The lowest BCUT2D eigenvalue weighted by molar-refractivity contribution is -0.272. The van der Waals surface area contributed by atoms with Crippen LogP contribution >= 0.6 is 11.8 Å². The highest BCUT2D eigenvalue weighted by atomic mass is 32.2. The van der Waals surface area contributed by atoms with Gasteiger partial charge in [0, 0.05) is 31.2 Å². The van der Waals surface area contributed by atoms with Crippen molar-refractivity contribution < 1.29 is 58.2 Å². The topological polar surface area (TPSA) is 222 Å². The fraction of sp³-hybridized carbons (Fsp3) is 0.633. The summed E-state index contributed by atoms with van der Waals surface area (Å²) in [7, 11) is 1.67. The number of benzene rings is 1. The number of rotatable bonds is 19. The summed E-state index contributed by atoms with van der Waals surface area (Å²) in [4.78, 5) is 62.2. The number of likely N-dealkylation sites (N-methyl/N-ethyl adjacent to an activating group) is 1.